The molecule has 0 saturated carbocycles. The average Bonchev–Trinajstić information content (AvgIpc) is 2.65. The third kappa shape index (κ3) is 5.26. The number of rotatable bonds is 6. The molecule has 1 aliphatic rings. The molecule has 1 saturated heterocycles. The number of amides is 1. The number of pyridine rings is 1. The van der Waals surface area contributed by atoms with Crippen LogP contribution in [0.3, 0.4) is 0 Å². The van der Waals surface area contributed by atoms with E-state index in [0.29, 0.717) is 38.2 Å². The van der Waals surface area contributed by atoms with Crippen LogP contribution in [0, 0.1) is 12.7 Å². The second-order valence-electron chi connectivity index (χ2n) is 6.46. The molecule has 1 amide bonds. The van der Waals surface area contributed by atoms with Gasteiger partial charge in [0.15, 0.2) is 0 Å². The molecule has 2 heterocycles. The number of carbonyl (C=O) groups is 1. The fourth-order valence-corrected chi connectivity index (χ4v) is 2.88. The summed E-state index contributed by atoms with van der Waals surface area (Å²) in [5.74, 6) is 0.344. The maximum absolute atomic E-state index is 12.9. The number of nitrogens with one attached hydrogen (secondary N) is 1. The minimum absolute atomic E-state index is 0.0690. The Morgan fingerprint density at radius 2 is 2.12 bits per heavy atom. The Balaban J connectivity index is 1.52. The second kappa shape index (κ2) is 8.76. The predicted molar refractivity (Wildman–Crippen MR) is 95.5 cm³/mol. The van der Waals surface area contributed by atoms with E-state index >= 15 is 0 Å². The molecule has 0 radical (unpaired) electrons. The van der Waals surface area contributed by atoms with Crippen LogP contribution in [0.15, 0.2) is 42.6 Å². The Morgan fingerprint density at radius 3 is 2.85 bits per heavy atom. The number of aryl methyl sites for hydroxylation is 2. The van der Waals surface area contributed by atoms with Gasteiger partial charge in [-0.2, -0.15) is 0 Å². The van der Waals surface area contributed by atoms with E-state index in [4.69, 9.17) is 9.47 Å². The summed E-state index contributed by atoms with van der Waals surface area (Å²) in [6.45, 7) is 2.94. The van der Waals surface area contributed by atoms with Crippen molar-refractivity contribution in [3.05, 3.63) is 59.7 Å². The molecular formula is C20H23FN2O3. The first-order valence-corrected chi connectivity index (χ1v) is 8.81. The minimum atomic E-state index is -0.275. The van der Waals surface area contributed by atoms with Crippen LogP contribution < -0.4 is 10.1 Å². The third-order valence-corrected chi connectivity index (χ3v) is 4.36. The fraction of sp³-hybridized carbons (Fsp3) is 0.400. The largest absolute Gasteiger partial charge is 0.486 e. The van der Waals surface area contributed by atoms with Gasteiger partial charge in [0.1, 0.15) is 17.7 Å². The highest BCUT2D eigenvalue weighted by molar-refractivity contribution is 5.76. The smallest absolute Gasteiger partial charge is 0.220 e. The van der Waals surface area contributed by atoms with Crippen molar-refractivity contribution in [3.8, 4) is 5.75 Å². The van der Waals surface area contributed by atoms with Gasteiger partial charge in [0, 0.05) is 18.5 Å². The van der Waals surface area contributed by atoms with Gasteiger partial charge in [-0.25, -0.2) is 4.39 Å². The maximum Gasteiger partial charge on any atom is 0.220 e. The number of ether oxygens (including phenoxy) is 2. The van der Waals surface area contributed by atoms with Crippen LogP contribution in [0.2, 0.25) is 0 Å². The lowest BCUT2D eigenvalue weighted by Gasteiger charge is -2.32. The number of aromatic nitrogens is 1. The number of hydrogen-bond acceptors (Lipinski definition) is 4. The Hall–Kier alpha value is -2.47. The highest BCUT2D eigenvalue weighted by Crippen LogP contribution is 2.18. The number of benzene rings is 1. The number of hydrogen-bond donors (Lipinski definition) is 1. The second-order valence-corrected chi connectivity index (χ2v) is 6.46. The molecule has 1 aromatic carbocycles. The first-order chi connectivity index (χ1) is 12.6. The van der Waals surface area contributed by atoms with Gasteiger partial charge in [0.05, 0.1) is 25.5 Å². The van der Waals surface area contributed by atoms with E-state index in [9.17, 15) is 9.18 Å². The van der Waals surface area contributed by atoms with Gasteiger partial charge in [0.25, 0.3) is 0 Å². The van der Waals surface area contributed by atoms with Crippen LogP contribution in [-0.4, -0.2) is 36.3 Å². The Labute approximate surface area is 152 Å². The standard InChI is InChI=1S/C20H23FN2O3/c1-14-2-8-17(12-22-14)26-19-10-11-25-13-18(19)23-20(24)9-5-15-3-6-16(21)7-4-15/h2-4,6-8,12,18-19H,5,9-11,13H2,1H3,(H,23,24)/t18-,19+/m0/s1. The summed E-state index contributed by atoms with van der Waals surface area (Å²) in [6, 6.07) is 9.77. The molecule has 6 heteroatoms. The molecule has 26 heavy (non-hydrogen) atoms. The first-order valence-electron chi connectivity index (χ1n) is 8.81. The normalized spacial score (nSPS) is 19.8. The molecule has 2 aromatic rings. The zero-order valence-electron chi connectivity index (χ0n) is 14.8. The summed E-state index contributed by atoms with van der Waals surface area (Å²) in [6.07, 6.45) is 3.14. The molecule has 0 unspecified atom stereocenters. The van der Waals surface area contributed by atoms with E-state index < -0.39 is 0 Å². The average molecular weight is 358 g/mol. The van der Waals surface area contributed by atoms with Crippen molar-refractivity contribution in [2.45, 2.75) is 38.3 Å². The van der Waals surface area contributed by atoms with Crippen LogP contribution in [0.5, 0.6) is 5.75 Å². The Kier molecular flexibility index (Phi) is 6.17. The molecule has 0 spiro atoms. The van der Waals surface area contributed by atoms with Crippen molar-refractivity contribution < 1.29 is 18.7 Å². The maximum atomic E-state index is 12.9. The van der Waals surface area contributed by atoms with Gasteiger partial charge in [0.2, 0.25) is 5.91 Å². The van der Waals surface area contributed by atoms with E-state index in [1.807, 2.05) is 19.1 Å². The van der Waals surface area contributed by atoms with Crippen molar-refractivity contribution in [2.75, 3.05) is 13.2 Å². The lowest BCUT2D eigenvalue weighted by molar-refractivity contribution is -0.124. The number of nitrogens with zero attached hydrogens (tertiary/aromatic N) is 1. The Bertz CT molecular complexity index is 719. The van der Waals surface area contributed by atoms with E-state index in [1.54, 1.807) is 18.3 Å². The van der Waals surface area contributed by atoms with Crippen LogP contribution >= 0.6 is 0 Å². The molecule has 138 valence electrons. The summed E-state index contributed by atoms with van der Waals surface area (Å²) in [7, 11) is 0. The highest BCUT2D eigenvalue weighted by atomic mass is 19.1. The highest BCUT2D eigenvalue weighted by Gasteiger charge is 2.29. The zero-order chi connectivity index (χ0) is 18.4. The van der Waals surface area contributed by atoms with Gasteiger partial charge in [-0.3, -0.25) is 9.78 Å². The van der Waals surface area contributed by atoms with Gasteiger partial charge in [-0.05, 0) is 43.2 Å². The van der Waals surface area contributed by atoms with Crippen molar-refractivity contribution >= 4 is 5.91 Å². The van der Waals surface area contributed by atoms with E-state index in [1.165, 1.54) is 12.1 Å². The molecule has 1 aliphatic heterocycles. The summed E-state index contributed by atoms with van der Waals surface area (Å²) >= 11 is 0. The predicted octanol–water partition coefficient (Wildman–Crippen LogP) is 2.81. The summed E-state index contributed by atoms with van der Waals surface area (Å²) in [4.78, 5) is 16.5. The van der Waals surface area contributed by atoms with Gasteiger partial charge in [-0.15, -0.1) is 0 Å². The van der Waals surface area contributed by atoms with Gasteiger partial charge in [-0.1, -0.05) is 12.1 Å². The van der Waals surface area contributed by atoms with Gasteiger partial charge < -0.3 is 14.8 Å². The van der Waals surface area contributed by atoms with Crippen LogP contribution in [-0.2, 0) is 16.0 Å². The van der Waals surface area contributed by atoms with Crippen LogP contribution in [0.4, 0.5) is 4.39 Å². The topological polar surface area (TPSA) is 60.5 Å². The van der Waals surface area contributed by atoms with Crippen LogP contribution in [0.25, 0.3) is 0 Å². The molecule has 5 nitrogen and oxygen atoms in total. The minimum Gasteiger partial charge on any atom is -0.486 e. The molecule has 0 bridgehead atoms. The quantitative estimate of drug-likeness (QED) is 0.863. The van der Waals surface area contributed by atoms with E-state index in [2.05, 4.69) is 10.3 Å². The van der Waals surface area contributed by atoms with Crippen molar-refractivity contribution in [2.24, 2.45) is 0 Å². The number of halogens is 1. The SMILES string of the molecule is Cc1ccc(O[C@@H]2CCOC[C@@H]2NC(=O)CCc2ccc(F)cc2)cn1. The molecule has 3 rings (SSSR count). The zero-order valence-corrected chi connectivity index (χ0v) is 14.8. The summed E-state index contributed by atoms with van der Waals surface area (Å²) in [5, 5.41) is 3.00. The summed E-state index contributed by atoms with van der Waals surface area (Å²) < 4.78 is 24.4. The monoisotopic (exact) mass is 358 g/mol. The summed E-state index contributed by atoms with van der Waals surface area (Å²) in [5.41, 5.74) is 1.86. The molecule has 2 atom stereocenters. The van der Waals surface area contributed by atoms with E-state index in [0.717, 1.165) is 11.3 Å². The van der Waals surface area contributed by atoms with Crippen molar-refractivity contribution in [3.63, 3.8) is 0 Å². The molecule has 1 aromatic heterocycles. The molecule has 1 N–H and O–H groups in total. The van der Waals surface area contributed by atoms with Gasteiger partial charge >= 0.3 is 0 Å². The lowest BCUT2D eigenvalue weighted by Crippen LogP contribution is -2.51. The third-order valence-electron chi connectivity index (χ3n) is 4.36. The lowest BCUT2D eigenvalue weighted by atomic mass is 10.1. The van der Waals surface area contributed by atoms with Crippen LogP contribution in [0.1, 0.15) is 24.1 Å². The first kappa shape index (κ1) is 18.3. The fourth-order valence-electron chi connectivity index (χ4n) is 2.88. The molecule has 0 aliphatic carbocycles. The molecule has 1 fully saturated rings. The van der Waals surface area contributed by atoms with E-state index in [-0.39, 0.29) is 23.9 Å². The van der Waals surface area contributed by atoms with Crippen molar-refractivity contribution in [1.82, 2.24) is 10.3 Å². The Morgan fingerprint density at radius 1 is 1.31 bits per heavy atom. The van der Waals surface area contributed by atoms with Crippen molar-refractivity contribution in [1.29, 1.82) is 0 Å². The number of carbonyl (C=O) groups excluding carboxylic acids is 1. The molecular weight excluding hydrogens is 335 g/mol.